The van der Waals surface area contributed by atoms with E-state index in [1.54, 1.807) is 0 Å². The van der Waals surface area contributed by atoms with Crippen molar-refractivity contribution in [3.8, 4) is 6.07 Å². The van der Waals surface area contributed by atoms with Crippen LogP contribution in [0.25, 0.3) is 0 Å². The number of rotatable bonds is 0. The standard InChI is InChI=1S/C2H2Cl3NO.C2Cl3N/c3-2(4,5)1(6)7;3-2(4,5)1-6/h(H2,6,7);. The Labute approximate surface area is 105 Å². The zero-order valence-corrected chi connectivity index (χ0v) is 10.2. The molecule has 0 aromatic rings. The van der Waals surface area contributed by atoms with Crippen molar-refractivity contribution in [1.82, 2.24) is 0 Å². The maximum Gasteiger partial charge on any atom is 0.277 e. The average molecular weight is 307 g/mol. The van der Waals surface area contributed by atoms with E-state index in [0.717, 1.165) is 0 Å². The summed E-state index contributed by atoms with van der Waals surface area (Å²) in [6, 6.07) is 1.40. The number of hydrogen-bond donors (Lipinski definition) is 1. The van der Waals surface area contributed by atoms with Gasteiger partial charge in [0.25, 0.3) is 13.5 Å². The molecule has 0 aromatic carbocycles. The molecule has 0 atom stereocenters. The molecule has 0 fully saturated rings. The van der Waals surface area contributed by atoms with Crippen molar-refractivity contribution in [1.29, 1.82) is 5.26 Å². The molecule has 0 rings (SSSR count). The molecule has 0 saturated heterocycles. The zero-order valence-electron chi connectivity index (χ0n) is 5.70. The molecule has 0 aliphatic heterocycles. The number of halogens is 6. The second kappa shape index (κ2) is 6.23. The lowest BCUT2D eigenvalue weighted by Gasteiger charge is -2.01. The van der Waals surface area contributed by atoms with Gasteiger partial charge in [0.2, 0.25) is 0 Å². The van der Waals surface area contributed by atoms with Crippen LogP contribution in [0.5, 0.6) is 0 Å². The second-order valence-corrected chi connectivity index (χ2v) is 6.03. The Morgan fingerprint density at radius 1 is 1.15 bits per heavy atom. The lowest BCUT2D eigenvalue weighted by molar-refractivity contribution is -0.117. The molecule has 0 heterocycles. The van der Waals surface area contributed by atoms with E-state index >= 15 is 0 Å². The minimum Gasteiger partial charge on any atom is -0.366 e. The van der Waals surface area contributed by atoms with Gasteiger partial charge in [-0.3, -0.25) is 4.79 Å². The van der Waals surface area contributed by atoms with Crippen molar-refractivity contribution in [2.45, 2.75) is 7.59 Å². The Morgan fingerprint density at radius 2 is 1.31 bits per heavy atom. The minimum absolute atomic E-state index is 0.961. The monoisotopic (exact) mass is 304 g/mol. The van der Waals surface area contributed by atoms with Gasteiger partial charge in [0.1, 0.15) is 6.07 Å². The Balaban J connectivity index is 0. The van der Waals surface area contributed by atoms with Gasteiger partial charge >= 0.3 is 0 Å². The van der Waals surface area contributed by atoms with Crippen LogP contribution in [0, 0.1) is 11.3 Å². The van der Waals surface area contributed by atoms with Crippen LogP contribution < -0.4 is 5.73 Å². The molecule has 1 amide bonds. The molecule has 0 unspecified atom stereocenters. The van der Waals surface area contributed by atoms with Crippen LogP contribution in [-0.2, 0) is 4.79 Å². The molecular formula is C4H2Cl6N2O. The lowest BCUT2D eigenvalue weighted by atomic mass is 10.7. The number of primary amides is 1. The molecule has 0 bridgehead atoms. The highest BCUT2D eigenvalue weighted by Gasteiger charge is 2.26. The normalized spacial score (nSPS) is 10.8. The van der Waals surface area contributed by atoms with Gasteiger partial charge in [0.15, 0.2) is 0 Å². The second-order valence-electron chi connectivity index (χ2n) is 1.47. The number of nitrogens with zero attached hydrogens (tertiary/aromatic N) is 1. The van der Waals surface area contributed by atoms with E-state index < -0.39 is 13.5 Å². The summed E-state index contributed by atoms with van der Waals surface area (Å²) < 4.78 is -3.68. The molecule has 0 aromatic heterocycles. The lowest BCUT2D eigenvalue weighted by Crippen LogP contribution is -2.27. The third-order valence-electron chi connectivity index (χ3n) is 0.406. The van der Waals surface area contributed by atoms with Crippen molar-refractivity contribution in [2.24, 2.45) is 5.73 Å². The number of nitriles is 1. The molecule has 9 heteroatoms. The van der Waals surface area contributed by atoms with Crippen molar-refractivity contribution >= 4 is 75.5 Å². The SMILES string of the molecule is N#CC(Cl)(Cl)Cl.NC(=O)C(Cl)(Cl)Cl. The first-order valence-corrected chi connectivity index (χ1v) is 4.62. The highest BCUT2D eigenvalue weighted by molar-refractivity contribution is 6.76. The number of amides is 1. The van der Waals surface area contributed by atoms with Crippen LogP contribution >= 0.6 is 69.6 Å². The Kier molecular flexibility index (Phi) is 7.74. The third kappa shape index (κ3) is 15.5. The van der Waals surface area contributed by atoms with Gasteiger partial charge in [0, 0.05) is 0 Å². The summed E-state index contributed by atoms with van der Waals surface area (Å²) in [7, 11) is 0. The summed E-state index contributed by atoms with van der Waals surface area (Å²) in [5, 5.41) is 7.76. The van der Waals surface area contributed by atoms with Crippen LogP contribution in [0.3, 0.4) is 0 Å². The fourth-order valence-electron chi connectivity index (χ4n) is 0. The van der Waals surface area contributed by atoms with Crippen molar-refractivity contribution in [3.05, 3.63) is 0 Å². The molecule has 13 heavy (non-hydrogen) atoms. The molecule has 0 spiro atoms. The molecule has 2 N–H and O–H groups in total. The number of nitrogens with two attached hydrogens (primary N) is 1. The predicted molar refractivity (Wildman–Crippen MR) is 55.4 cm³/mol. The fourth-order valence-corrected chi connectivity index (χ4v) is 0. The van der Waals surface area contributed by atoms with Gasteiger partial charge in [-0.1, -0.05) is 69.6 Å². The highest BCUT2D eigenvalue weighted by Crippen LogP contribution is 2.24. The topological polar surface area (TPSA) is 66.9 Å². The Bertz CT molecular complexity index is 210. The Morgan fingerprint density at radius 3 is 1.31 bits per heavy atom. The van der Waals surface area contributed by atoms with Gasteiger partial charge < -0.3 is 5.73 Å². The zero-order chi connectivity index (χ0) is 11.3. The first-order valence-electron chi connectivity index (χ1n) is 2.35. The van der Waals surface area contributed by atoms with E-state index in [9.17, 15) is 4.79 Å². The first-order chi connectivity index (χ1) is 5.50. The van der Waals surface area contributed by atoms with E-state index in [0.29, 0.717) is 0 Å². The van der Waals surface area contributed by atoms with Gasteiger partial charge in [-0.05, 0) is 0 Å². The van der Waals surface area contributed by atoms with Crippen LogP contribution in [0.15, 0.2) is 0 Å². The summed E-state index contributed by atoms with van der Waals surface area (Å²) in [5.74, 6) is -0.961. The van der Waals surface area contributed by atoms with Gasteiger partial charge in [0.05, 0.1) is 0 Å². The average Bonchev–Trinajstić information content (AvgIpc) is 1.85. The van der Waals surface area contributed by atoms with E-state index in [1.807, 2.05) is 0 Å². The van der Waals surface area contributed by atoms with Crippen LogP contribution in [0.1, 0.15) is 0 Å². The van der Waals surface area contributed by atoms with Gasteiger partial charge in [-0.2, -0.15) is 5.26 Å². The highest BCUT2D eigenvalue weighted by atomic mass is 35.6. The number of hydrogen-bond acceptors (Lipinski definition) is 2. The summed E-state index contributed by atoms with van der Waals surface area (Å²) in [5.41, 5.74) is 4.53. The quantitative estimate of drug-likeness (QED) is 0.699. The number of carbonyl (C=O) groups is 1. The molecule has 0 aliphatic rings. The summed E-state index contributed by atoms with van der Waals surface area (Å²) in [6.07, 6.45) is 0. The molecule has 76 valence electrons. The van der Waals surface area contributed by atoms with Crippen molar-refractivity contribution < 1.29 is 4.79 Å². The predicted octanol–water partition coefficient (Wildman–Crippen LogP) is 2.72. The molecule has 0 radical (unpaired) electrons. The van der Waals surface area contributed by atoms with Crippen LogP contribution in [0.2, 0.25) is 0 Å². The maximum atomic E-state index is 9.85. The van der Waals surface area contributed by atoms with E-state index in [4.69, 9.17) is 74.9 Å². The largest absolute Gasteiger partial charge is 0.366 e. The third-order valence-corrected chi connectivity index (χ3v) is 1.22. The molecule has 0 aliphatic carbocycles. The minimum atomic E-state index is -1.94. The number of alkyl halides is 6. The van der Waals surface area contributed by atoms with E-state index in [1.165, 1.54) is 6.07 Å². The Hall–Kier alpha value is 0.700. The van der Waals surface area contributed by atoms with Gasteiger partial charge in [-0.15, -0.1) is 0 Å². The van der Waals surface area contributed by atoms with E-state index in [-0.39, 0.29) is 0 Å². The molecule has 0 saturated carbocycles. The first kappa shape index (κ1) is 16.1. The summed E-state index contributed by atoms with van der Waals surface area (Å²) in [6.45, 7) is 0. The van der Waals surface area contributed by atoms with Crippen LogP contribution in [-0.4, -0.2) is 13.5 Å². The fraction of sp³-hybridized carbons (Fsp3) is 0.500. The van der Waals surface area contributed by atoms with Crippen molar-refractivity contribution in [2.75, 3.05) is 0 Å². The summed E-state index contributed by atoms with van der Waals surface area (Å²) >= 11 is 29.4. The van der Waals surface area contributed by atoms with Crippen molar-refractivity contribution in [3.63, 3.8) is 0 Å². The molecular weight excluding hydrogens is 305 g/mol. The maximum absolute atomic E-state index is 9.85. The number of carbonyl (C=O) groups excluding carboxylic acids is 1. The molecule has 3 nitrogen and oxygen atoms in total. The van der Waals surface area contributed by atoms with Gasteiger partial charge in [-0.25, -0.2) is 0 Å². The van der Waals surface area contributed by atoms with E-state index in [2.05, 4.69) is 5.73 Å². The summed E-state index contributed by atoms with van der Waals surface area (Å²) in [4.78, 5) is 9.85. The van der Waals surface area contributed by atoms with Crippen LogP contribution in [0.4, 0.5) is 0 Å². The smallest absolute Gasteiger partial charge is 0.277 e.